The van der Waals surface area contributed by atoms with Gasteiger partial charge in [0.05, 0.1) is 7.11 Å². The van der Waals surface area contributed by atoms with E-state index in [1.807, 2.05) is 36.1 Å². The van der Waals surface area contributed by atoms with Gasteiger partial charge in [0, 0.05) is 25.7 Å². The molecular weight excluding hydrogens is 256 g/mol. The lowest BCUT2D eigenvalue weighted by Crippen LogP contribution is -2.55. The van der Waals surface area contributed by atoms with Gasteiger partial charge < -0.3 is 19.7 Å². The van der Waals surface area contributed by atoms with Gasteiger partial charge >= 0.3 is 0 Å². The van der Waals surface area contributed by atoms with Crippen molar-refractivity contribution in [2.75, 3.05) is 26.7 Å². The zero-order chi connectivity index (χ0) is 14.5. The van der Waals surface area contributed by atoms with Crippen molar-refractivity contribution >= 4 is 5.91 Å². The molecular formula is C15H22N2O3. The van der Waals surface area contributed by atoms with Crippen molar-refractivity contribution in [3.05, 3.63) is 24.3 Å². The van der Waals surface area contributed by atoms with Crippen LogP contribution in [0.5, 0.6) is 11.5 Å². The Kier molecular flexibility index (Phi) is 4.84. The van der Waals surface area contributed by atoms with Crippen molar-refractivity contribution < 1.29 is 14.3 Å². The van der Waals surface area contributed by atoms with E-state index in [1.54, 1.807) is 14.0 Å². The Morgan fingerprint density at radius 1 is 1.40 bits per heavy atom. The molecule has 5 nitrogen and oxygen atoms in total. The van der Waals surface area contributed by atoms with E-state index < -0.39 is 6.10 Å². The Labute approximate surface area is 119 Å². The summed E-state index contributed by atoms with van der Waals surface area (Å²) in [5.41, 5.74) is 0. The van der Waals surface area contributed by atoms with Crippen LogP contribution in [0.1, 0.15) is 13.8 Å². The molecule has 0 spiro atoms. The number of hydrogen-bond donors (Lipinski definition) is 1. The van der Waals surface area contributed by atoms with Gasteiger partial charge in [-0.05, 0) is 26.0 Å². The Bertz CT molecular complexity index is 464. The third kappa shape index (κ3) is 3.22. The molecule has 1 aromatic rings. The molecule has 1 aliphatic heterocycles. The summed E-state index contributed by atoms with van der Waals surface area (Å²) in [4.78, 5) is 14.3. The molecule has 1 aromatic carbocycles. The van der Waals surface area contributed by atoms with Gasteiger partial charge in [-0.2, -0.15) is 0 Å². The van der Waals surface area contributed by atoms with E-state index in [9.17, 15) is 4.79 Å². The lowest BCUT2D eigenvalue weighted by atomic mass is 10.2. The molecule has 110 valence electrons. The van der Waals surface area contributed by atoms with Crippen molar-refractivity contribution in [3.63, 3.8) is 0 Å². The van der Waals surface area contributed by atoms with Gasteiger partial charge in [-0.25, -0.2) is 0 Å². The number of ether oxygens (including phenoxy) is 2. The molecule has 1 aliphatic rings. The first kappa shape index (κ1) is 14.7. The Balaban J connectivity index is 2.03. The number of piperazine rings is 1. The van der Waals surface area contributed by atoms with Crippen LogP contribution in [0.3, 0.4) is 0 Å². The van der Waals surface area contributed by atoms with Gasteiger partial charge in [-0.3, -0.25) is 4.79 Å². The average molecular weight is 278 g/mol. The highest BCUT2D eigenvalue weighted by Crippen LogP contribution is 2.27. The van der Waals surface area contributed by atoms with Crippen LogP contribution in [0.4, 0.5) is 0 Å². The zero-order valence-corrected chi connectivity index (χ0v) is 12.3. The highest BCUT2D eigenvalue weighted by Gasteiger charge is 2.28. The minimum Gasteiger partial charge on any atom is -0.493 e. The first-order chi connectivity index (χ1) is 9.63. The highest BCUT2D eigenvalue weighted by atomic mass is 16.5. The molecule has 1 amide bonds. The van der Waals surface area contributed by atoms with Crippen LogP contribution in [0.25, 0.3) is 0 Å². The SMILES string of the molecule is COc1ccccc1OC(C)C(=O)N1CCNCC1C. The summed E-state index contributed by atoms with van der Waals surface area (Å²) in [5, 5.41) is 3.27. The number of nitrogens with one attached hydrogen (secondary N) is 1. The molecule has 20 heavy (non-hydrogen) atoms. The van der Waals surface area contributed by atoms with Crippen molar-refractivity contribution in [1.29, 1.82) is 0 Å². The number of para-hydroxylation sites is 2. The maximum Gasteiger partial charge on any atom is 0.263 e. The first-order valence-electron chi connectivity index (χ1n) is 6.94. The fraction of sp³-hybridized carbons (Fsp3) is 0.533. The van der Waals surface area contributed by atoms with Crippen molar-refractivity contribution in [3.8, 4) is 11.5 Å². The number of methoxy groups -OCH3 is 1. The summed E-state index contributed by atoms with van der Waals surface area (Å²) in [6, 6.07) is 7.56. The molecule has 0 aromatic heterocycles. The Morgan fingerprint density at radius 2 is 2.10 bits per heavy atom. The molecule has 0 saturated carbocycles. The maximum atomic E-state index is 12.4. The third-order valence-corrected chi connectivity index (χ3v) is 3.50. The second-order valence-electron chi connectivity index (χ2n) is 5.00. The number of carbonyl (C=O) groups excluding carboxylic acids is 1. The summed E-state index contributed by atoms with van der Waals surface area (Å²) in [5.74, 6) is 1.25. The van der Waals surface area contributed by atoms with E-state index in [0.29, 0.717) is 11.5 Å². The van der Waals surface area contributed by atoms with Crippen molar-refractivity contribution in [2.45, 2.75) is 26.0 Å². The van der Waals surface area contributed by atoms with E-state index in [4.69, 9.17) is 9.47 Å². The van der Waals surface area contributed by atoms with E-state index in [0.717, 1.165) is 19.6 Å². The molecule has 5 heteroatoms. The van der Waals surface area contributed by atoms with E-state index in [2.05, 4.69) is 5.32 Å². The minimum absolute atomic E-state index is 0.0184. The topological polar surface area (TPSA) is 50.8 Å². The third-order valence-electron chi connectivity index (χ3n) is 3.50. The lowest BCUT2D eigenvalue weighted by Gasteiger charge is -2.35. The van der Waals surface area contributed by atoms with Crippen LogP contribution in [0.15, 0.2) is 24.3 Å². The van der Waals surface area contributed by atoms with Crippen LogP contribution in [-0.4, -0.2) is 49.7 Å². The van der Waals surface area contributed by atoms with E-state index in [1.165, 1.54) is 0 Å². The number of hydrogen-bond acceptors (Lipinski definition) is 4. The molecule has 2 rings (SSSR count). The van der Waals surface area contributed by atoms with Gasteiger partial charge in [0.1, 0.15) is 0 Å². The lowest BCUT2D eigenvalue weighted by molar-refractivity contribution is -0.140. The first-order valence-corrected chi connectivity index (χ1v) is 6.94. The van der Waals surface area contributed by atoms with Crippen molar-refractivity contribution in [2.24, 2.45) is 0 Å². The monoisotopic (exact) mass is 278 g/mol. The maximum absolute atomic E-state index is 12.4. The summed E-state index contributed by atoms with van der Waals surface area (Å²) >= 11 is 0. The smallest absolute Gasteiger partial charge is 0.263 e. The van der Waals surface area contributed by atoms with Crippen LogP contribution in [-0.2, 0) is 4.79 Å². The fourth-order valence-electron chi connectivity index (χ4n) is 2.36. The van der Waals surface area contributed by atoms with Gasteiger partial charge in [0.25, 0.3) is 5.91 Å². The Hall–Kier alpha value is -1.75. The number of nitrogens with zero attached hydrogens (tertiary/aromatic N) is 1. The van der Waals surface area contributed by atoms with Crippen LogP contribution < -0.4 is 14.8 Å². The molecule has 0 radical (unpaired) electrons. The average Bonchev–Trinajstić information content (AvgIpc) is 2.47. The quantitative estimate of drug-likeness (QED) is 0.901. The van der Waals surface area contributed by atoms with Gasteiger partial charge in [0.2, 0.25) is 0 Å². The van der Waals surface area contributed by atoms with Gasteiger partial charge in [-0.1, -0.05) is 12.1 Å². The second-order valence-corrected chi connectivity index (χ2v) is 5.00. The summed E-state index contributed by atoms with van der Waals surface area (Å²) in [6.45, 7) is 6.20. The van der Waals surface area contributed by atoms with Crippen LogP contribution in [0.2, 0.25) is 0 Å². The molecule has 0 aliphatic carbocycles. The molecule has 1 heterocycles. The number of rotatable bonds is 4. The number of carbonyl (C=O) groups is 1. The molecule has 0 bridgehead atoms. The van der Waals surface area contributed by atoms with Gasteiger partial charge in [0.15, 0.2) is 17.6 Å². The van der Waals surface area contributed by atoms with Crippen molar-refractivity contribution in [1.82, 2.24) is 10.2 Å². The number of benzene rings is 1. The molecule has 2 atom stereocenters. The predicted molar refractivity (Wildman–Crippen MR) is 77.1 cm³/mol. The molecule has 2 unspecified atom stereocenters. The molecule has 1 fully saturated rings. The number of amides is 1. The summed E-state index contributed by atoms with van der Waals surface area (Å²) in [7, 11) is 1.59. The minimum atomic E-state index is -0.521. The van der Waals surface area contributed by atoms with Gasteiger partial charge in [-0.15, -0.1) is 0 Å². The largest absolute Gasteiger partial charge is 0.493 e. The predicted octanol–water partition coefficient (Wildman–Crippen LogP) is 1.28. The fourth-order valence-corrected chi connectivity index (χ4v) is 2.36. The summed E-state index contributed by atoms with van der Waals surface area (Å²) in [6.07, 6.45) is -0.521. The normalized spacial score (nSPS) is 20.4. The van der Waals surface area contributed by atoms with Crippen LogP contribution >= 0.6 is 0 Å². The van der Waals surface area contributed by atoms with E-state index >= 15 is 0 Å². The standard InChI is InChI=1S/C15H22N2O3/c1-11-10-16-8-9-17(11)15(18)12(2)20-14-7-5-4-6-13(14)19-3/h4-7,11-12,16H,8-10H2,1-3H3. The summed E-state index contributed by atoms with van der Waals surface area (Å²) < 4.78 is 11.0. The molecule has 1 saturated heterocycles. The highest BCUT2D eigenvalue weighted by molar-refractivity contribution is 5.81. The second kappa shape index (κ2) is 6.61. The Morgan fingerprint density at radius 3 is 2.75 bits per heavy atom. The zero-order valence-electron chi connectivity index (χ0n) is 12.3. The van der Waals surface area contributed by atoms with E-state index in [-0.39, 0.29) is 11.9 Å². The van der Waals surface area contributed by atoms with Crippen LogP contribution in [0, 0.1) is 0 Å². The molecule has 1 N–H and O–H groups in total.